The molecule has 1 unspecified atom stereocenters. The van der Waals surface area contributed by atoms with Crippen LogP contribution < -0.4 is 16.0 Å². The molecular formula is C47H37N3O. The zero-order chi connectivity index (χ0) is 34.4. The van der Waals surface area contributed by atoms with E-state index in [9.17, 15) is 0 Å². The van der Waals surface area contributed by atoms with Crippen LogP contribution in [0.3, 0.4) is 0 Å². The summed E-state index contributed by atoms with van der Waals surface area (Å²) in [5.41, 5.74) is 15.5. The summed E-state index contributed by atoms with van der Waals surface area (Å²) in [5.74, 6) is 7.45. The number of ether oxygens (including phenoxy) is 1. The van der Waals surface area contributed by atoms with Crippen LogP contribution in [0.2, 0.25) is 0 Å². The molecule has 1 atom stereocenters. The van der Waals surface area contributed by atoms with Crippen LogP contribution >= 0.6 is 0 Å². The molecule has 0 fully saturated rings. The van der Waals surface area contributed by atoms with E-state index in [0.717, 1.165) is 34.7 Å². The number of hydrogen-bond donors (Lipinski definition) is 2. The van der Waals surface area contributed by atoms with Gasteiger partial charge in [-0.1, -0.05) is 158 Å². The highest BCUT2D eigenvalue weighted by Crippen LogP contribution is 2.60. The highest BCUT2D eigenvalue weighted by Gasteiger charge is 2.50. The summed E-state index contributed by atoms with van der Waals surface area (Å²) >= 11 is 0. The van der Waals surface area contributed by atoms with Gasteiger partial charge in [-0.05, 0) is 59.4 Å². The second-order valence-electron chi connectivity index (χ2n) is 13.2. The molecule has 246 valence electrons. The van der Waals surface area contributed by atoms with Gasteiger partial charge in [0.2, 0.25) is 0 Å². The maximum absolute atomic E-state index is 6.59. The second kappa shape index (κ2) is 12.5. The standard InChI is InChI=1S/C32H21NO.C15H16N2/c1-20-10-8-16-26-31(20)34-29-19-7-4-14-24(29)32(26)23-13-3-6-18-28(23)33-27-17-5-2-11-21(27)22-12-9-15-25(32)30(22)33;16-17-15(14-9-5-2-6-10-14)12-11-13-7-3-1-4-8-13/h2-19H,1H3;1-10,12,17H,11,16H2/b;15-12-. The Balaban J connectivity index is 0.000000174. The van der Waals surface area contributed by atoms with Crippen LogP contribution in [0.15, 0.2) is 176 Å². The number of hydrogen-bond acceptors (Lipinski definition) is 3. The molecule has 4 heteroatoms. The lowest BCUT2D eigenvalue weighted by Gasteiger charge is -2.45. The summed E-state index contributed by atoms with van der Waals surface area (Å²) in [6.45, 7) is 2.15. The van der Waals surface area contributed by atoms with Gasteiger partial charge in [-0.25, -0.2) is 0 Å². The third-order valence-electron chi connectivity index (χ3n) is 10.4. The molecule has 2 aliphatic rings. The van der Waals surface area contributed by atoms with Gasteiger partial charge in [-0.3, -0.25) is 5.84 Å². The number of nitrogens with one attached hydrogen (secondary N) is 1. The van der Waals surface area contributed by atoms with Crippen LogP contribution in [0.4, 0.5) is 0 Å². The third kappa shape index (κ3) is 4.79. The number of aryl methyl sites for hydroxylation is 1. The van der Waals surface area contributed by atoms with Crippen molar-refractivity contribution in [3.63, 3.8) is 0 Å². The van der Waals surface area contributed by atoms with Crippen molar-refractivity contribution in [2.75, 3.05) is 0 Å². The van der Waals surface area contributed by atoms with Gasteiger partial charge >= 0.3 is 0 Å². The van der Waals surface area contributed by atoms with Crippen molar-refractivity contribution >= 4 is 27.5 Å². The topological polar surface area (TPSA) is 52.2 Å². The van der Waals surface area contributed by atoms with E-state index in [1.807, 2.05) is 48.5 Å². The van der Waals surface area contributed by atoms with Gasteiger partial charge in [-0.15, -0.1) is 0 Å². The first-order valence-electron chi connectivity index (χ1n) is 17.5. The van der Waals surface area contributed by atoms with Crippen molar-refractivity contribution in [1.82, 2.24) is 9.99 Å². The lowest BCUT2D eigenvalue weighted by Crippen LogP contribution is -2.38. The smallest absolute Gasteiger partial charge is 0.135 e. The Hall–Kier alpha value is -6.36. The van der Waals surface area contributed by atoms with Crippen molar-refractivity contribution in [2.24, 2.45) is 5.84 Å². The number of nitrogens with zero attached hydrogens (tertiary/aromatic N) is 1. The Labute approximate surface area is 298 Å². The average Bonchev–Trinajstić information content (AvgIpc) is 3.53. The van der Waals surface area contributed by atoms with Crippen molar-refractivity contribution in [3.05, 3.63) is 215 Å². The number of allylic oxidation sites excluding steroid dienone is 1. The van der Waals surface area contributed by atoms with E-state index in [2.05, 4.69) is 144 Å². The molecular weight excluding hydrogens is 623 g/mol. The van der Waals surface area contributed by atoms with Gasteiger partial charge in [0.1, 0.15) is 11.5 Å². The van der Waals surface area contributed by atoms with Gasteiger partial charge in [-0.2, -0.15) is 0 Å². The van der Waals surface area contributed by atoms with E-state index in [4.69, 9.17) is 10.6 Å². The molecule has 1 spiro atoms. The van der Waals surface area contributed by atoms with Crippen LogP contribution in [-0.4, -0.2) is 4.57 Å². The molecule has 10 rings (SSSR count). The molecule has 0 amide bonds. The molecule has 4 nitrogen and oxygen atoms in total. The van der Waals surface area contributed by atoms with Gasteiger partial charge in [0, 0.05) is 21.9 Å². The maximum Gasteiger partial charge on any atom is 0.135 e. The molecule has 3 N–H and O–H groups in total. The molecule has 51 heavy (non-hydrogen) atoms. The summed E-state index contributed by atoms with van der Waals surface area (Å²) in [5, 5.41) is 2.58. The zero-order valence-electron chi connectivity index (χ0n) is 28.4. The Kier molecular flexibility index (Phi) is 7.53. The predicted octanol–water partition coefficient (Wildman–Crippen LogP) is 10.6. The van der Waals surface area contributed by atoms with E-state index >= 15 is 0 Å². The predicted molar refractivity (Wildman–Crippen MR) is 209 cm³/mol. The second-order valence-corrected chi connectivity index (χ2v) is 13.2. The third-order valence-corrected chi connectivity index (χ3v) is 10.4. The number of para-hydroxylation sites is 5. The van der Waals surface area contributed by atoms with Crippen LogP contribution in [0, 0.1) is 6.92 Å². The SMILES string of the molecule is Cc1cccc2c1Oc1ccccc1C21c2ccccc2-n2c3ccccc3c3cccc1c32.NN/C(=C\Cc1ccccc1)c1ccccc1. The van der Waals surface area contributed by atoms with E-state index in [1.54, 1.807) is 0 Å². The summed E-state index contributed by atoms with van der Waals surface area (Å²) in [6.07, 6.45) is 2.97. The monoisotopic (exact) mass is 659 g/mol. The van der Waals surface area contributed by atoms with E-state index < -0.39 is 5.41 Å². The largest absolute Gasteiger partial charge is 0.456 e. The molecule has 3 heterocycles. The van der Waals surface area contributed by atoms with Crippen LogP contribution in [0.25, 0.3) is 33.2 Å². The number of hydrazine groups is 1. The van der Waals surface area contributed by atoms with Crippen molar-refractivity contribution in [2.45, 2.75) is 18.8 Å². The minimum Gasteiger partial charge on any atom is -0.456 e. The first-order chi connectivity index (χ1) is 25.2. The average molecular weight is 660 g/mol. The van der Waals surface area contributed by atoms with Crippen molar-refractivity contribution in [1.29, 1.82) is 0 Å². The Bertz CT molecular complexity index is 2590. The first kappa shape index (κ1) is 30.7. The van der Waals surface area contributed by atoms with Gasteiger partial charge < -0.3 is 14.7 Å². The molecule has 8 aromatic rings. The molecule has 2 aliphatic heterocycles. The highest BCUT2D eigenvalue weighted by atomic mass is 16.5. The van der Waals surface area contributed by atoms with Gasteiger partial charge in [0.25, 0.3) is 0 Å². The molecule has 0 aliphatic carbocycles. The lowest BCUT2D eigenvalue weighted by molar-refractivity contribution is 0.430. The van der Waals surface area contributed by atoms with Crippen LogP contribution in [0.5, 0.6) is 11.5 Å². The molecule has 7 aromatic carbocycles. The number of aromatic nitrogens is 1. The normalized spacial score (nSPS) is 15.3. The molecule has 0 bridgehead atoms. The van der Waals surface area contributed by atoms with E-state index in [-0.39, 0.29) is 0 Å². The summed E-state index contributed by atoms with van der Waals surface area (Å²) in [7, 11) is 0. The van der Waals surface area contributed by atoms with E-state index in [0.29, 0.717) is 0 Å². The van der Waals surface area contributed by atoms with Gasteiger partial charge in [0.15, 0.2) is 0 Å². The number of nitrogens with two attached hydrogens (primary N) is 1. The molecule has 0 saturated carbocycles. The Morgan fingerprint density at radius 3 is 2.08 bits per heavy atom. The first-order valence-corrected chi connectivity index (χ1v) is 17.5. The number of fused-ring (bicyclic) bond motifs is 11. The fourth-order valence-corrected chi connectivity index (χ4v) is 8.20. The zero-order valence-corrected chi connectivity index (χ0v) is 28.4. The Morgan fingerprint density at radius 2 is 1.25 bits per heavy atom. The van der Waals surface area contributed by atoms with Crippen molar-refractivity contribution < 1.29 is 4.74 Å². The fourth-order valence-electron chi connectivity index (χ4n) is 8.20. The minimum absolute atomic E-state index is 0.462. The quantitative estimate of drug-likeness (QED) is 0.146. The summed E-state index contributed by atoms with van der Waals surface area (Å²) in [6, 6.07) is 60.0. The maximum atomic E-state index is 6.59. The minimum atomic E-state index is -0.462. The molecule has 0 radical (unpaired) electrons. The highest BCUT2D eigenvalue weighted by molar-refractivity contribution is 6.12. The lowest BCUT2D eigenvalue weighted by atomic mass is 9.61. The number of benzene rings is 7. The van der Waals surface area contributed by atoms with Crippen LogP contribution in [0.1, 0.15) is 38.9 Å². The summed E-state index contributed by atoms with van der Waals surface area (Å²) < 4.78 is 9.05. The molecule has 0 saturated heterocycles. The number of rotatable bonds is 4. The van der Waals surface area contributed by atoms with E-state index in [1.165, 1.54) is 55.3 Å². The summed E-state index contributed by atoms with van der Waals surface area (Å²) in [4.78, 5) is 0. The molecule has 1 aromatic heterocycles. The fraction of sp³-hybridized carbons (Fsp3) is 0.0638. The van der Waals surface area contributed by atoms with Crippen molar-refractivity contribution in [3.8, 4) is 17.2 Å². The van der Waals surface area contributed by atoms with Crippen LogP contribution in [-0.2, 0) is 11.8 Å². The van der Waals surface area contributed by atoms with Gasteiger partial charge in [0.05, 0.1) is 27.8 Å². The Morgan fingerprint density at radius 1 is 0.627 bits per heavy atom.